The van der Waals surface area contributed by atoms with E-state index in [-0.39, 0.29) is 6.54 Å². The Bertz CT molecular complexity index is 345. The van der Waals surface area contributed by atoms with E-state index < -0.39 is 36.7 Å². The van der Waals surface area contributed by atoms with Crippen LogP contribution in [0.4, 0.5) is 4.79 Å². The summed E-state index contributed by atoms with van der Waals surface area (Å²) in [4.78, 5) is 34.9. The van der Waals surface area contributed by atoms with Gasteiger partial charge in [-0.05, 0) is 12.8 Å². The number of carbonyl (C=O) groups is 3. The topological polar surface area (TPSA) is 116 Å². The Morgan fingerprint density at radius 2 is 2.17 bits per heavy atom. The van der Waals surface area contributed by atoms with Crippen molar-refractivity contribution in [1.29, 1.82) is 0 Å². The Kier molecular flexibility index (Phi) is 4.90. The quantitative estimate of drug-likeness (QED) is 0.545. The summed E-state index contributed by atoms with van der Waals surface area (Å²) in [5.74, 6) is -1.37. The molecule has 0 aromatic rings. The lowest BCUT2D eigenvalue weighted by atomic mass is 10.2. The van der Waals surface area contributed by atoms with Gasteiger partial charge in [0.15, 0.2) is 6.04 Å². The van der Waals surface area contributed by atoms with Gasteiger partial charge in [0, 0.05) is 6.54 Å². The van der Waals surface area contributed by atoms with Gasteiger partial charge in [-0.3, -0.25) is 9.69 Å². The number of hydrogen-bond donors (Lipinski definition) is 3. The predicted octanol–water partition coefficient (Wildman–Crippen LogP) is -1.22. The van der Waals surface area contributed by atoms with Gasteiger partial charge in [0.2, 0.25) is 5.91 Å². The normalized spacial score (nSPS) is 20.3. The molecule has 2 amide bonds. The highest BCUT2D eigenvalue weighted by molar-refractivity contribution is 5.89. The van der Waals surface area contributed by atoms with Crippen LogP contribution in [-0.2, 0) is 14.3 Å². The molecule has 8 heteroatoms. The second kappa shape index (κ2) is 6.20. The molecule has 0 aliphatic carbocycles. The highest BCUT2D eigenvalue weighted by Crippen LogP contribution is 2.17. The first-order valence-electron chi connectivity index (χ1n) is 5.50. The fourth-order valence-electron chi connectivity index (χ4n) is 1.86. The van der Waals surface area contributed by atoms with Crippen molar-refractivity contribution in [3.8, 4) is 0 Å². The molecule has 1 aliphatic rings. The Hall–Kier alpha value is -1.83. The summed E-state index contributed by atoms with van der Waals surface area (Å²) in [5, 5.41) is 20.1. The molecule has 2 atom stereocenters. The molecule has 0 bridgehead atoms. The maximum atomic E-state index is 11.8. The molecule has 18 heavy (non-hydrogen) atoms. The molecule has 1 aliphatic heterocycles. The monoisotopic (exact) mass is 260 g/mol. The highest BCUT2D eigenvalue weighted by atomic mass is 16.5. The number of aliphatic hydroxyl groups excluding tert-OH is 1. The average Bonchev–Trinajstić information content (AvgIpc) is 2.84. The van der Waals surface area contributed by atoms with Crippen LogP contribution in [0.3, 0.4) is 0 Å². The zero-order chi connectivity index (χ0) is 13.7. The maximum absolute atomic E-state index is 11.8. The molecular weight excluding hydrogens is 244 g/mol. The van der Waals surface area contributed by atoms with Crippen molar-refractivity contribution in [1.82, 2.24) is 10.2 Å². The zero-order valence-corrected chi connectivity index (χ0v) is 9.96. The van der Waals surface area contributed by atoms with Gasteiger partial charge >= 0.3 is 12.1 Å². The van der Waals surface area contributed by atoms with E-state index in [0.717, 1.165) is 12.0 Å². The number of nitrogens with zero attached hydrogens (tertiary/aromatic N) is 1. The molecule has 3 N–H and O–H groups in total. The van der Waals surface area contributed by atoms with Gasteiger partial charge in [0.25, 0.3) is 0 Å². The van der Waals surface area contributed by atoms with Crippen molar-refractivity contribution in [3.05, 3.63) is 0 Å². The van der Waals surface area contributed by atoms with Gasteiger partial charge < -0.3 is 20.3 Å². The number of aliphatic hydroxyl groups is 1. The first-order valence-corrected chi connectivity index (χ1v) is 5.50. The fraction of sp³-hybridized carbons (Fsp3) is 0.700. The Morgan fingerprint density at radius 1 is 1.50 bits per heavy atom. The largest absolute Gasteiger partial charge is 0.467 e. The number of hydrogen-bond acceptors (Lipinski definition) is 5. The summed E-state index contributed by atoms with van der Waals surface area (Å²) in [5.41, 5.74) is 0. The first-order chi connectivity index (χ1) is 8.51. The first kappa shape index (κ1) is 14.2. The van der Waals surface area contributed by atoms with Crippen LogP contribution >= 0.6 is 0 Å². The molecular formula is C10H16N2O6. The zero-order valence-electron chi connectivity index (χ0n) is 9.96. The van der Waals surface area contributed by atoms with Crippen LogP contribution in [0, 0.1) is 0 Å². The van der Waals surface area contributed by atoms with E-state index >= 15 is 0 Å². The Balaban J connectivity index is 2.64. The van der Waals surface area contributed by atoms with E-state index in [0.29, 0.717) is 12.8 Å². The number of carboxylic acid groups (broad SMARTS) is 1. The minimum atomic E-state index is -1.17. The summed E-state index contributed by atoms with van der Waals surface area (Å²) >= 11 is 0. The standard InChI is InChI=1S/C10H16N2O6/c1-18-9(15)6(5-13)11-8(14)7-3-2-4-12(7)10(16)17/h6-7,13H,2-5H2,1H3,(H,11,14)(H,16,17)/t6-,7?/m0/s1. The molecule has 0 radical (unpaired) electrons. The Labute approximate surface area is 104 Å². The van der Waals surface area contributed by atoms with Crippen LogP contribution < -0.4 is 5.32 Å². The molecule has 0 spiro atoms. The molecule has 1 fully saturated rings. The number of rotatable bonds is 4. The molecule has 0 aromatic carbocycles. The summed E-state index contributed by atoms with van der Waals surface area (Å²) < 4.78 is 4.40. The van der Waals surface area contributed by atoms with E-state index in [2.05, 4.69) is 10.1 Å². The van der Waals surface area contributed by atoms with Crippen molar-refractivity contribution in [2.24, 2.45) is 0 Å². The molecule has 0 saturated carbocycles. The molecule has 1 unspecified atom stereocenters. The lowest BCUT2D eigenvalue weighted by Crippen LogP contribution is -2.52. The number of nitrogens with one attached hydrogen (secondary N) is 1. The van der Waals surface area contributed by atoms with Crippen LogP contribution in [-0.4, -0.2) is 65.4 Å². The molecule has 0 aromatic heterocycles. The molecule has 1 saturated heterocycles. The van der Waals surface area contributed by atoms with Gasteiger partial charge in [-0.2, -0.15) is 0 Å². The fourth-order valence-corrected chi connectivity index (χ4v) is 1.86. The number of ether oxygens (including phenoxy) is 1. The minimum absolute atomic E-state index is 0.287. The van der Waals surface area contributed by atoms with Crippen molar-refractivity contribution < 1.29 is 29.3 Å². The second-order valence-corrected chi connectivity index (χ2v) is 3.90. The van der Waals surface area contributed by atoms with Crippen LogP contribution in [0.15, 0.2) is 0 Å². The van der Waals surface area contributed by atoms with E-state index in [9.17, 15) is 14.4 Å². The molecule has 1 rings (SSSR count). The average molecular weight is 260 g/mol. The van der Waals surface area contributed by atoms with Crippen LogP contribution in [0.2, 0.25) is 0 Å². The third-order valence-electron chi connectivity index (χ3n) is 2.79. The Morgan fingerprint density at radius 3 is 2.67 bits per heavy atom. The van der Waals surface area contributed by atoms with Crippen LogP contribution in [0.5, 0.6) is 0 Å². The number of likely N-dealkylation sites (tertiary alicyclic amines) is 1. The van der Waals surface area contributed by atoms with Gasteiger partial charge in [0.1, 0.15) is 6.04 Å². The summed E-state index contributed by atoms with van der Waals surface area (Å²) in [6.45, 7) is -0.312. The van der Waals surface area contributed by atoms with Crippen molar-refractivity contribution >= 4 is 18.0 Å². The van der Waals surface area contributed by atoms with E-state index in [1.807, 2.05) is 0 Å². The third-order valence-corrected chi connectivity index (χ3v) is 2.79. The molecule has 1 heterocycles. The third kappa shape index (κ3) is 3.10. The van der Waals surface area contributed by atoms with Crippen molar-refractivity contribution in [2.75, 3.05) is 20.3 Å². The summed E-state index contributed by atoms with van der Waals surface area (Å²) in [6.07, 6.45) is -0.185. The van der Waals surface area contributed by atoms with Gasteiger partial charge in [-0.15, -0.1) is 0 Å². The highest BCUT2D eigenvalue weighted by Gasteiger charge is 2.35. The number of carbonyl (C=O) groups excluding carboxylic acids is 2. The SMILES string of the molecule is COC(=O)[C@H](CO)NC(=O)C1CCCN1C(=O)O. The molecule has 102 valence electrons. The number of esters is 1. The van der Waals surface area contributed by atoms with Crippen molar-refractivity contribution in [3.63, 3.8) is 0 Å². The van der Waals surface area contributed by atoms with E-state index in [1.54, 1.807) is 0 Å². The lowest BCUT2D eigenvalue weighted by molar-refractivity contribution is -0.146. The second-order valence-electron chi connectivity index (χ2n) is 3.90. The van der Waals surface area contributed by atoms with E-state index in [1.165, 1.54) is 0 Å². The van der Waals surface area contributed by atoms with Gasteiger partial charge in [-0.25, -0.2) is 9.59 Å². The summed E-state index contributed by atoms with van der Waals surface area (Å²) in [7, 11) is 1.14. The van der Waals surface area contributed by atoms with Gasteiger partial charge in [-0.1, -0.05) is 0 Å². The van der Waals surface area contributed by atoms with Crippen LogP contribution in [0.1, 0.15) is 12.8 Å². The number of amides is 2. The predicted molar refractivity (Wildman–Crippen MR) is 58.8 cm³/mol. The maximum Gasteiger partial charge on any atom is 0.407 e. The minimum Gasteiger partial charge on any atom is -0.467 e. The molecule has 8 nitrogen and oxygen atoms in total. The summed E-state index contributed by atoms with van der Waals surface area (Å²) in [6, 6.07) is -1.99. The number of methoxy groups -OCH3 is 1. The lowest BCUT2D eigenvalue weighted by Gasteiger charge is -2.22. The van der Waals surface area contributed by atoms with Crippen molar-refractivity contribution in [2.45, 2.75) is 24.9 Å². The smallest absolute Gasteiger partial charge is 0.407 e. The van der Waals surface area contributed by atoms with E-state index in [4.69, 9.17) is 10.2 Å². The van der Waals surface area contributed by atoms with Crippen LogP contribution in [0.25, 0.3) is 0 Å². The van der Waals surface area contributed by atoms with Gasteiger partial charge in [0.05, 0.1) is 13.7 Å².